The maximum absolute atomic E-state index is 12.3. The van der Waals surface area contributed by atoms with Crippen molar-refractivity contribution in [1.29, 1.82) is 0 Å². The van der Waals surface area contributed by atoms with Gasteiger partial charge in [0.2, 0.25) is 5.91 Å². The fourth-order valence-corrected chi connectivity index (χ4v) is 4.36. The number of thioether (sulfide) groups is 1. The number of thiophene rings is 1. The molecule has 134 valence electrons. The van der Waals surface area contributed by atoms with Gasteiger partial charge in [-0.3, -0.25) is 4.79 Å². The van der Waals surface area contributed by atoms with Crippen LogP contribution >= 0.6 is 23.1 Å². The molecule has 1 aromatic carbocycles. The van der Waals surface area contributed by atoms with Gasteiger partial charge in [0.15, 0.2) is 11.0 Å². The molecule has 0 saturated carbocycles. The molecular weight excluding hydrogens is 368 g/mol. The first-order chi connectivity index (χ1) is 12.7. The number of hydrogen-bond acceptors (Lipinski definition) is 6. The topological polar surface area (TPSA) is 69.0 Å². The Morgan fingerprint density at radius 1 is 1.38 bits per heavy atom. The minimum Gasteiger partial charge on any atom is -0.493 e. The largest absolute Gasteiger partial charge is 0.493 e. The van der Waals surface area contributed by atoms with Crippen molar-refractivity contribution < 1.29 is 9.53 Å². The number of nitrogens with one attached hydrogen (secondary N) is 1. The number of carbonyl (C=O) groups is 1. The summed E-state index contributed by atoms with van der Waals surface area (Å²) < 4.78 is 7.58. The fraction of sp³-hybridized carbons (Fsp3) is 0.278. The molecule has 3 heterocycles. The van der Waals surface area contributed by atoms with Gasteiger partial charge in [0, 0.05) is 24.7 Å². The van der Waals surface area contributed by atoms with E-state index >= 15 is 0 Å². The van der Waals surface area contributed by atoms with Crippen LogP contribution in [0.25, 0.3) is 10.7 Å². The summed E-state index contributed by atoms with van der Waals surface area (Å²) >= 11 is 3.02. The standard InChI is InChI=1S/C18H18N4O2S2/c1-2-22-17(15-4-3-9-25-15)20-21-18(22)26-11-16(23)19-13-6-5-12-7-8-24-14(12)10-13/h3-6,9-10H,2,7-8,11H2,1H3,(H,19,23). The van der Waals surface area contributed by atoms with E-state index in [1.165, 1.54) is 17.3 Å². The summed E-state index contributed by atoms with van der Waals surface area (Å²) in [6, 6.07) is 9.83. The number of fused-ring (bicyclic) bond motifs is 1. The Kier molecular flexibility index (Phi) is 4.94. The maximum atomic E-state index is 12.3. The zero-order chi connectivity index (χ0) is 17.9. The van der Waals surface area contributed by atoms with Crippen LogP contribution in [0.3, 0.4) is 0 Å². The summed E-state index contributed by atoms with van der Waals surface area (Å²) in [4.78, 5) is 13.4. The number of aromatic nitrogens is 3. The lowest BCUT2D eigenvalue weighted by Crippen LogP contribution is -2.14. The third-order valence-electron chi connectivity index (χ3n) is 4.09. The second-order valence-electron chi connectivity index (χ2n) is 5.79. The quantitative estimate of drug-likeness (QED) is 0.654. The van der Waals surface area contributed by atoms with Gasteiger partial charge >= 0.3 is 0 Å². The number of benzene rings is 1. The monoisotopic (exact) mass is 386 g/mol. The highest BCUT2D eigenvalue weighted by atomic mass is 32.2. The SMILES string of the molecule is CCn1c(SCC(=O)Nc2ccc3c(c2)OCC3)nnc1-c1cccs1. The number of anilines is 1. The highest BCUT2D eigenvalue weighted by Crippen LogP contribution is 2.29. The molecule has 0 unspecified atom stereocenters. The number of nitrogens with zero attached hydrogens (tertiary/aromatic N) is 3. The molecule has 0 bridgehead atoms. The molecule has 8 heteroatoms. The van der Waals surface area contributed by atoms with Crippen molar-refractivity contribution in [2.45, 2.75) is 25.0 Å². The predicted molar refractivity (Wildman–Crippen MR) is 104 cm³/mol. The average Bonchev–Trinajstić information content (AvgIpc) is 3.38. The third kappa shape index (κ3) is 3.47. The van der Waals surface area contributed by atoms with Gasteiger partial charge in [0.1, 0.15) is 5.75 Å². The van der Waals surface area contributed by atoms with E-state index in [4.69, 9.17) is 4.74 Å². The van der Waals surface area contributed by atoms with E-state index in [0.717, 1.165) is 40.3 Å². The highest BCUT2D eigenvalue weighted by molar-refractivity contribution is 7.99. The Bertz CT molecular complexity index is 921. The zero-order valence-corrected chi connectivity index (χ0v) is 15.9. The number of hydrogen-bond donors (Lipinski definition) is 1. The molecule has 1 aliphatic rings. The molecule has 0 atom stereocenters. The van der Waals surface area contributed by atoms with Crippen molar-refractivity contribution in [2.24, 2.45) is 0 Å². The molecule has 0 aliphatic carbocycles. The van der Waals surface area contributed by atoms with Crippen LogP contribution in [0.5, 0.6) is 5.75 Å². The Labute approximate surface area is 159 Å². The second-order valence-corrected chi connectivity index (χ2v) is 7.68. The van der Waals surface area contributed by atoms with Gasteiger partial charge in [-0.2, -0.15) is 0 Å². The van der Waals surface area contributed by atoms with E-state index in [2.05, 4.69) is 22.4 Å². The van der Waals surface area contributed by atoms with Gasteiger partial charge in [-0.1, -0.05) is 23.9 Å². The molecule has 0 radical (unpaired) electrons. The predicted octanol–water partition coefficient (Wildman–Crippen LogP) is 3.69. The Morgan fingerprint density at radius 2 is 2.31 bits per heavy atom. The molecule has 2 aromatic heterocycles. The summed E-state index contributed by atoms with van der Waals surface area (Å²) in [6.45, 7) is 3.52. The smallest absolute Gasteiger partial charge is 0.234 e. The lowest BCUT2D eigenvalue weighted by Gasteiger charge is -2.08. The molecule has 0 spiro atoms. The van der Waals surface area contributed by atoms with Crippen LogP contribution in [0.15, 0.2) is 40.9 Å². The average molecular weight is 387 g/mol. The normalized spacial score (nSPS) is 12.7. The highest BCUT2D eigenvalue weighted by Gasteiger charge is 2.16. The van der Waals surface area contributed by atoms with Crippen molar-refractivity contribution in [3.05, 3.63) is 41.3 Å². The van der Waals surface area contributed by atoms with Crippen LogP contribution in [0.1, 0.15) is 12.5 Å². The summed E-state index contributed by atoms with van der Waals surface area (Å²) in [7, 11) is 0. The van der Waals surface area contributed by atoms with Gasteiger partial charge in [0.05, 0.1) is 17.2 Å². The lowest BCUT2D eigenvalue weighted by molar-refractivity contribution is -0.113. The minimum absolute atomic E-state index is 0.0729. The number of rotatable bonds is 6. The second kappa shape index (κ2) is 7.51. The van der Waals surface area contributed by atoms with Crippen molar-refractivity contribution in [3.8, 4) is 16.5 Å². The zero-order valence-electron chi connectivity index (χ0n) is 14.3. The summed E-state index contributed by atoms with van der Waals surface area (Å²) in [6.07, 6.45) is 0.929. The van der Waals surface area contributed by atoms with Gasteiger partial charge in [-0.25, -0.2) is 0 Å². The molecule has 1 amide bonds. The molecule has 4 rings (SSSR count). The molecule has 1 N–H and O–H groups in total. The van der Waals surface area contributed by atoms with Crippen molar-refractivity contribution in [2.75, 3.05) is 17.7 Å². The summed E-state index contributed by atoms with van der Waals surface area (Å²) in [5, 5.41) is 14.2. The fourth-order valence-electron chi connectivity index (χ4n) is 2.84. The Balaban J connectivity index is 1.40. The Morgan fingerprint density at radius 3 is 3.12 bits per heavy atom. The van der Waals surface area contributed by atoms with Crippen molar-refractivity contribution >= 4 is 34.7 Å². The molecular formula is C18H18N4O2S2. The van der Waals surface area contributed by atoms with Gasteiger partial charge in [-0.05, 0) is 30.0 Å². The third-order valence-corrected chi connectivity index (χ3v) is 5.92. The summed E-state index contributed by atoms with van der Waals surface area (Å²) in [5.74, 6) is 1.92. The summed E-state index contributed by atoms with van der Waals surface area (Å²) in [5.41, 5.74) is 1.95. The van der Waals surface area contributed by atoms with E-state index in [1.54, 1.807) is 11.3 Å². The number of ether oxygens (including phenoxy) is 1. The molecule has 3 aromatic rings. The van der Waals surface area contributed by atoms with Gasteiger partial charge < -0.3 is 14.6 Å². The van der Waals surface area contributed by atoms with E-state index in [-0.39, 0.29) is 11.7 Å². The van der Waals surface area contributed by atoms with Crippen LogP contribution in [0.2, 0.25) is 0 Å². The first kappa shape index (κ1) is 17.1. The van der Waals surface area contributed by atoms with E-state index in [9.17, 15) is 4.79 Å². The molecule has 1 aliphatic heterocycles. The van der Waals surface area contributed by atoms with Crippen LogP contribution in [0, 0.1) is 0 Å². The Hall–Kier alpha value is -2.32. The molecule has 26 heavy (non-hydrogen) atoms. The molecule has 0 fully saturated rings. The number of carbonyl (C=O) groups excluding carboxylic acids is 1. The lowest BCUT2D eigenvalue weighted by atomic mass is 10.1. The van der Waals surface area contributed by atoms with Crippen molar-refractivity contribution in [1.82, 2.24) is 14.8 Å². The van der Waals surface area contributed by atoms with Gasteiger partial charge in [-0.15, -0.1) is 21.5 Å². The van der Waals surface area contributed by atoms with Gasteiger partial charge in [0.25, 0.3) is 0 Å². The molecule has 6 nitrogen and oxygen atoms in total. The minimum atomic E-state index is -0.0729. The first-order valence-electron chi connectivity index (χ1n) is 8.40. The van der Waals surface area contributed by atoms with Crippen LogP contribution in [-0.4, -0.2) is 33.0 Å². The molecule has 0 saturated heterocycles. The van der Waals surface area contributed by atoms with E-state index < -0.39 is 0 Å². The van der Waals surface area contributed by atoms with E-state index in [0.29, 0.717) is 6.61 Å². The van der Waals surface area contributed by atoms with Crippen LogP contribution in [-0.2, 0) is 17.8 Å². The number of amides is 1. The maximum Gasteiger partial charge on any atom is 0.234 e. The van der Waals surface area contributed by atoms with Crippen LogP contribution in [0.4, 0.5) is 5.69 Å². The first-order valence-corrected chi connectivity index (χ1v) is 10.3. The van der Waals surface area contributed by atoms with Crippen molar-refractivity contribution in [3.63, 3.8) is 0 Å². The van der Waals surface area contributed by atoms with Crippen LogP contribution < -0.4 is 10.1 Å². The van der Waals surface area contributed by atoms with E-state index in [1.807, 2.05) is 40.3 Å².